The summed E-state index contributed by atoms with van der Waals surface area (Å²) in [6.45, 7) is 5.39. The van der Waals surface area contributed by atoms with Crippen molar-refractivity contribution in [3.8, 4) is 0 Å². The van der Waals surface area contributed by atoms with Crippen molar-refractivity contribution in [2.75, 3.05) is 0 Å². The summed E-state index contributed by atoms with van der Waals surface area (Å²) in [7, 11) is 0. The van der Waals surface area contributed by atoms with Crippen LogP contribution in [0.5, 0.6) is 0 Å². The molecule has 0 spiro atoms. The van der Waals surface area contributed by atoms with Crippen LogP contribution >= 0.6 is 0 Å². The van der Waals surface area contributed by atoms with Crippen molar-refractivity contribution in [2.24, 2.45) is 5.73 Å². The van der Waals surface area contributed by atoms with Crippen LogP contribution in [0.1, 0.15) is 45.1 Å². The molecule has 0 aliphatic heterocycles. The summed E-state index contributed by atoms with van der Waals surface area (Å²) in [5.74, 6) is -1.91. The molecule has 1 rings (SSSR count). The summed E-state index contributed by atoms with van der Waals surface area (Å²) >= 11 is 0. The van der Waals surface area contributed by atoms with Crippen LogP contribution in [0.4, 0.5) is 0 Å². The molecule has 0 heterocycles. The number of carboxylic acids is 1. The first-order chi connectivity index (χ1) is 9.69. The summed E-state index contributed by atoms with van der Waals surface area (Å²) in [4.78, 5) is 23.1. The maximum atomic E-state index is 12.4. The monoisotopic (exact) mass is 293 g/mol. The van der Waals surface area contributed by atoms with E-state index in [-0.39, 0.29) is 18.8 Å². The lowest BCUT2D eigenvalue weighted by atomic mass is 9.91. The van der Waals surface area contributed by atoms with Gasteiger partial charge >= 0.3 is 11.9 Å². The smallest absolute Gasteiger partial charge is 0.313 e. The van der Waals surface area contributed by atoms with Crippen molar-refractivity contribution in [3.63, 3.8) is 0 Å². The van der Waals surface area contributed by atoms with Gasteiger partial charge in [0.15, 0.2) is 0 Å². The molecule has 1 aromatic rings. The average Bonchev–Trinajstić information content (AvgIpc) is 2.34. The van der Waals surface area contributed by atoms with E-state index < -0.39 is 23.5 Å². The molecule has 3 N–H and O–H groups in total. The normalized spacial score (nSPS) is 14.3. The van der Waals surface area contributed by atoms with E-state index in [9.17, 15) is 9.59 Å². The number of carbonyl (C=O) groups excluding carboxylic acids is 1. The molecule has 0 amide bonds. The van der Waals surface area contributed by atoms with Crippen LogP contribution in [0, 0.1) is 0 Å². The number of hydrogen-bond donors (Lipinski definition) is 2. The van der Waals surface area contributed by atoms with Crippen molar-refractivity contribution in [1.82, 2.24) is 0 Å². The van der Waals surface area contributed by atoms with Gasteiger partial charge in [-0.05, 0) is 32.8 Å². The van der Waals surface area contributed by atoms with Gasteiger partial charge in [-0.2, -0.15) is 0 Å². The zero-order valence-corrected chi connectivity index (χ0v) is 12.7. The summed E-state index contributed by atoms with van der Waals surface area (Å²) in [6, 6.07) is 8.56. The molecule has 0 aliphatic carbocycles. The lowest BCUT2D eigenvalue weighted by Gasteiger charge is -2.25. The molecule has 2 atom stereocenters. The van der Waals surface area contributed by atoms with E-state index >= 15 is 0 Å². The first-order valence-corrected chi connectivity index (χ1v) is 6.94. The van der Waals surface area contributed by atoms with Crippen LogP contribution in [-0.2, 0) is 14.3 Å². The van der Waals surface area contributed by atoms with Gasteiger partial charge in [-0.1, -0.05) is 30.3 Å². The molecule has 0 radical (unpaired) electrons. The van der Waals surface area contributed by atoms with E-state index in [2.05, 4.69) is 0 Å². The minimum absolute atomic E-state index is 0.174. The minimum atomic E-state index is -0.974. The molecule has 116 valence electrons. The Morgan fingerprint density at radius 2 is 1.81 bits per heavy atom. The second-order valence-corrected chi connectivity index (χ2v) is 6.09. The summed E-state index contributed by atoms with van der Waals surface area (Å²) in [6.07, 6.45) is 0.0668. The second-order valence-electron chi connectivity index (χ2n) is 6.09. The quantitative estimate of drug-likeness (QED) is 0.785. The van der Waals surface area contributed by atoms with Crippen LogP contribution in [0.15, 0.2) is 30.3 Å². The van der Waals surface area contributed by atoms with Gasteiger partial charge in [-0.15, -0.1) is 0 Å². The van der Waals surface area contributed by atoms with Crippen LogP contribution in [0.2, 0.25) is 0 Å². The third kappa shape index (κ3) is 6.40. The molecular formula is C16H23NO4. The van der Waals surface area contributed by atoms with Gasteiger partial charge in [0.2, 0.25) is 0 Å². The summed E-state index contributed by atoms with van der Waals surface area (Å²) < 4.78 is 5.42. The second kappa shape index (κ2) is 7.22. The van der Waals surface area contributed by atoms with Crippen molar-refractivity contribution in [3.05, 3.63) is 35.9 Å². The third-order valence-electron chi connectivity index (χ3n) is 2.87. The largest absolute Gasteiger partial charge is 0.481 e. The zero-order valence-electron chi connectivity index (χ0n) is 12.7. The fourth-order valence-electron chi connectivity index (χ4n) is 2.04. The van der Waals surface area contributed by atoms with Gasteiger partial charge in [0, 0.05) is 6.04 Å². The molecule has 0 aromatic heterocycles. The highest BCUT2D eigenvalue weighted by molar-refractivity contribution is 5.78. The number of benzene rings is 1. The van der Waals surface area contributed by atoms with Gasteiger partial charge in [-0.3, -0.25) is 9.59 Å². The average molecular weight is 293 g/mol. The number of carbonyl (C=O) groups is 2. The Labute approximate surface area is 125 Å². The van der Waals surface area contributed by atoms with Gasteiger partial charge in [-0.25, -0.2) is 0 Å². The fraction of sp³-hybridized carbons (Fsp3) is 0.500. The maximum Gasteiger partial charge on any atom is 0.313 e. The Hall–Kier alpha value is -1.88. The summed E-state index contributed by atoms with van der Waals surface area (Å²) in [5, 5.41) is 8.80. The van der Waals surface area contributed by atoms with E-state index in [1.54, 1.807) is 20.8 Å². The fourth-order valence-corrected chi connectivity index (χ4v) is 2.04. The molecular weight excluding hydrogens is 270 g/mol. The minimum Gasteiger partial charge on any atom is -0.481 e. The topological polar surface area (TPSA) is 89.6 Å². The standard InChI is InChI=1S/C16H23NO4/c1-16(2,3)21-15(20)13(9-12(17)10-14(18)19)11-7-5-4-6-8-11/h4-8,12-13H,9-10,17H2,1-3H3,(H,18,19)/t12-,13?/m0/s1. The Bertz CT molecular complexity index is 479. The van der Waals surface area contributed by atoms with Gasteiger partial charge < -0.3 is 15.6 Å². The number of carboxylic acid groups (broad SMARTS) is 1. The Morgan fingerprint density at radius 1 is 1.24 bits per heavy atom. The number of rotatable bonds is 6. The van der Waals surface area contributed by atoms with Crippen molar-refractivity contribution >= 4 is 11.9 Å². The number of ether oxygens (including phenoxy) is 1. The van der Waals surface area contributed by atoms with E-state index in [0.717, 1.165) is 5.56 Å². The Morgan fingerprint density at radius 3 is 2.29 bits per heavy atom. The number of esters is 1. The highest BCUT2D eigenvalue weighted by Gasteiger charge is 2.28. The molecule has 5 nitrogen and oxygen atoms in total. The molecule has 0 bridgehead atoms. The highest BCUT2D eigenvalue weighted by Crippen LogP contribution is 2.25. The molecule has 1 unspecified atom stereocenters. The Balaban J connectivity index is 2.90. The van der Waals surface area contributed by atoms with Crippen LogP contribution in [0.3, 0.4) is 0 Å². The molecule has 5 heteroatoms. The van der Waals surface area contributed by atoms with Crippen LogP contribution < -0.4 is 5.73 Å². The molecule has 0 saturated carbocycles. The van der Waals surface area contributed by atoms with E-state index in [1.165, 1.54) is 0 Å². The predicted octanol–water partition coefficient (Wildman–Crippen LogP) is 2.30. The van der Waals surface area contributed by atoms with Crippen LogP contribution in [-0.4, -0.2) is 28.7 Å². The lowest BCUT2D eigenvalue weighted by molar-refractivity contribution is -0.157. The van der Waals surface area contributed by atoms with E-state index in [0.29, 0.717) is 0 Å². The Kier molecular flexibility index (Phi) is 5.90. The number of aliphatic carboxylic acids is 1. The van der Waals surface area contributed by atoms with Crippen molar-refractivity contribution < 1.29 is 19.4 Å². The van der Waals surface area contributed by atoms with Crippen LogP contribution in [0.25, 0.3) is 0 Å². The van der Waals surface area contributed by atoms with E-state index in [4.69, 9.17) is 15.6 Å². The number of hydrogen-bond acceptors (Lipinski definition) is 4. The molecule has 0 saturated heterocycles. The highest BCUT2D eigenvalue weighted by atomic mass is 16.6. The van der Waals surface area contributed by atoms with Gasteiger partial charge in [0.05, 0.1) is 12.3 Å². The van der Waals surface area contributed by atoms with Gasteiger partial charge in [0.25, 0.3) is 0 Å². The van der Waals surface area contributed by atoms with E-state index in [1.807, 2.05) is 30.3 Å². The molecule has 21 heavy (non-hydrogen) atoms. The maximum absolute atomic E-state index is 12.4. The third-order valence-corrected chi connectivity index (χ3v) is 2.87. The lowest BCUT2D eigenvalue weighted by Crippen LogP contribution is -2.32. The molecule has 0 aliphatic rings. The van der Waals surface area contributed by atoms with Crippen molar-refractivity contribution in [2.45, 2.75) is 51.2 Å². The van der Waals surface area contributed by atoms with Crippen molar-refractivity contribution in [1.29, 1.82) is 0 Å². The summed E-state index contributed by atoms with van der Waals surface area (Å²) in [5.41, 5.74) is 6.01. The number of nitrogens with two attached hydrogens (primary N) is 1. The van der Waals surface area contributed by atoms with Gasteiger partial charge in [0.1, 0.15) is 5.60 Å². The zero-order chi connectivity index (χ0) is 16.0. The predicted molar refractivity (Wildman–Crippen MR) is 79.9 cm³/mol. The first-order valence-electron chi connectivity index (χ1n) is 6.94. The molecule has 0 fully saturated rings. The first kappa shape index (κ1) is 17.2. The molecule has 1 aromatic carbocycles. The SMILES string of the molecule is CC(C)(C)OC(=O)C(C[C@H](N)CC(=O)O)c1ccccc1.